The van der Waals surface area contributed by atoms with Gasteiger partial charge in [0.1, 0.15) is 0 Å². The molecule has 0 aromatic carbocycles. The summed E-state index contributed by atoms with van der Waals surface area (Å²) in [5.41, 5.74) is 0. The molecule has 14 heavy (non-hydrogen) atoms. The minimum atomic E-state index is 0.351. The fraction of sp³-hybridized carbons (Fsp3) is 1.00. The van der Waals surface area contributed by atoms with Crippen LogP contribution in [0, 0.1) is 5.92 Å². The van der Waals surface area contributed by atoms with Crippen molar-refractivity contribution in [3.8, 4) is 0 Å². The Labute approximate surface area is 88.4 Å². The average Bonchev–Trinajstić information content (AvgIpc) is 2.09. The molecular weight excluding hydrogens is 174 g/mol. The molecule has 0 bridgehead atoms. The highest BCUT2D eigenvalue weighted by atomic mass is 16.5. The van der Waals surface area contributed by atoms with Crippen molar-refractivity contribution >= 4 is 0 Å². The van der Waals surface area contributed by atoms with Crippen molar-refractivity contribution in [1.29, 1.82) is 0 Å². The Kier molecular flexibility index (Phi) is 5.49. The summed E-state index contributed by atoms with van der Waals surface area (Å²) in [5, 5.41) is 3.54. The molecular formula is C12H25NO. The van der Waals surface area contributed by atoms with E-state index >= 15 is 0 Å². The zero-order chi connectivity index (χ0) is 10.4. The molecule has 0 aromatic heterocycles. The maximum absolute atomic E-state index is 5.48. The summed E-state index contributed by atoms with van der Waals surface area (Å²) in [6.07, 6.45) is 6.05. The van der Waals surface area contributed by atoms with Gasteiger partial charge >= 0.3 is 0 Å². The van der Waals surface area contributed by atoms with E-state index in [9.17, 15) is 0 Å². The van der Waals surface area contributed by atoms with Crippen LogP contribution in [0.15, 0.2) is 0 Å². The van der Waals surface area contributed by atoms with Crippen LogP contribution in [0.25, 0.3) is 0 Å². The SMILES string of the molecule is CCOC(C)CNC(C)CC1CCC1. The van der Waals surface area contributed by atoms with Gasteiger partial charge in [-0.3, -0.25) is 0 Å². The highest BCUT2D eigenvalue weighted by molar-refractivity contribution is 4.75. The largest absolute Gasteiger partial charge is 0.377 e. The Bertz CT molecular complexity index is 145. The highest BCUT2D eigenvalue weighted by Crippen LogP contribution is 2.30. The monoisotopic (exact) mass is 199 g/mol. The van der Waals surface area contributed by atoms with E-state index in [1.807, 2.05) is 6.92 Å². The van der Waals surface area contributed by atoms with Crippen molar-refractivity contribution in [3.63, 3.8) is 0 Å². The Hall–Kier alpha value is -0.0800. The number of nitrogens with one attached hydrogen (secondary N) is 1. The number of hydrogen-bond donors (Lipinski definition) is 1. The van der Waals surface area contributed by atoms with Gasteiger partial charge < -0.3 is 10.1 Å². The molecule has 0 aromatic rings. The molecule has 0 aliphatic heterocycles. The van der Waals surface area contributed by atoms with Crippen molar-refractivity contribution in [1.82, 2.24) is 5.32 Å². The smallest absolute Gasteiger partial charge is 0.0671 e. The van der Waals surface area contributed by atoms with Crippen molar-refractivity contribution in [2.45, 2.75) is 58.6 Å². The molecule has 1 fully saturated rings. The number of rotatable bonds is 7. The Morgan fingerprint density at radius 3 is 2.57 bits per heavy atom. The molecule has 2 unspecified atom stereocenters. The Balaban J connectivity index is 1.98. The molecule has 1 rings (SSSR count). The second-order valence-electron chi connectivity index (χ2n) is 4.61. The van der Waals surface area contributed by atoms with Gasteiger partial charge in [-0.15, -0.1) is 0 Å². The van der Waals surface area contributed by atoms with Crippen molar-refractivity contribution in [3.05, 3.63) is 0 Å². The van der Waals surface area contributed by atoms with E-state index < -0.39 is 0 Å². The zero-order valence-corrected chi connectivity index (χ0v) is 9.88. The topological polar surface area (TPSA) is 21.3 Å². The van der Waals surface area contributed by atoms with Gasteiger partial charge in [0, 0.05) is 19.2 Å². The van der Waals surface area contributed by atoms with E-state index in [4.69, 9.17) is 4.74 Å². The molecule has 1 aliphatic carbocycles. The Morgan fingerprint density at radius 2 is 2.07 bits per heavy atom. The van der Waals surface area contributed by atoms with Gasteiger partial charge in [0.25, 0.3) is 0 Å². The second-order valence-corrected chi connectivity index (χ2v) is 4.61. The van der Waals surface area contributed by atoms with Crippen LogP contribution < -0.4 is 5.32 Å². The summed E-state index contributed by atoms with van der Waals surface area (Å²) in [4.78, 5) is 0. The highest BCUT2D eigenvalue weighted by Gasteiger charge is 2.19. The number of ether oxygens (including phenoxy) is 1. The lowest BCUT2D eigenvalue weighted by molar-refractivity contribution is 0.0731. The molecule has 1 aliphatic rings. The van der Waals surface area contributed by atoms with E-state index in [2.05, 4.69) is 19.2 Å². The molecule has 1 saturated carbocycles. The van der Waals surface area contributed by atoms with Crippen LogP contribution in [0.2, 0.25) is 0 Å². The molecule has 2 nitrogen and oxygen atoms in total. The fourth-order valence-electron chi connectivity index (χ4n) is 2.02. The third-order valence-electron chi connectivity index (χ3n) is 3.12. The zero-order valence-electron chi connectivity index (χ0n) is 9.88. The number of hydrogen-bond acceptors (Lipinski definition) is 2. The molecule has 0 amide bonds. The molecule has 0 radical (unpaired) electrons. The lowest BCUT2D eigenvalue weighted by Crippen LogP contribution is -2.35. The summed E-state index contributed by atoms with van der Waals surface area (Å²) in [7, 11) is 0. The Morgan fingerprint density at radius 1 is 1.36 bits per heavy atom. The predicted molar refractivity (Wildman–Crippen MR) is 60.5 cm³/mol. The van der Waals surface area contributed by atoms with E-state index in [0.29, 0.717) is 12.1 Å². The van der Waals surface area contributed by atoms with E-state index in [1.165, 1.54) is 25.7 Å². The average molecular weight is 199 g/mol. The minimum Gasteiger partial charge on any atom is -0.377 e. The molecule has 1 N–H and O–H groups in total. The van der Waals surface area contributed by atoms with Gasteiger partial charge in [0.15, 0.2) is 0 Å². The van der Waals surface area contributed by atoms with E-state index in [1.54, 1.807) is 0 Å². The van der Waals surface area contributed by atoms with Gasteiger partial charge in [0.05, 0.1) is 6.10 Å². The summed E-state index contributed by atoms with van der Waals surface area (Å²) < 4.78 is 5.48. The minimum absolute atomic E-state index is 0.351. The first-order valence-corrected chi connectivity index (χ1v) is 6.07. The van der Waals surface area contributed by atoms with Crippen LogP contribution >= 0.6 is 0 Å². The second kappa shape index (κ2) is 6.41. The van der Waals surface area contributed by atoms with Crippen LogP contribution in [0.3, 0.4) is 0 Å². The van der Waals surface area contributed by atoms with Crippen molar-refractivity contribution < 1.29 is 4.74 Å². The van der Waals surface area contributed by atoms with Crippen molar-refractivity contribution in [2.75, 3.05) is 13.2 Å². The van der Waals surface area contributed by atoms with Crippen LogP contribution in [-0.4, -0.2) is 25.3 Å². The standard InChI is InChI=1S/C12H25NO/c1-4-14-11(3)9-13-10(2)8-12-6-5-7-12/h10-13H,4-9H2,1-3H3. The first-order chi connectivity index (χ1) is 6.72. The van der Waals surface area contributed by atoms with Crippen LogP contribution in [0.4, 0.5) is 0 Å². The van der Waals surface area contributed by atoms with Gasteiger partial charge in [-0.1, -0.05) is 19.3 Å². The summed E-state index contributed by atoms with van der Waals surface area (Å²) >= 11 is 0. The molecule has 2 heteroatoms. The lowest BCUT2D eigenvalue weighted by atomic mass is 9.81. The maximum Gasteiger partial charge on any atom is 0.0671 e. The van der Waals surface area contributed by atoms with Crippen molar-refractivity contribution in [2.24, 2.45) is 5.92 Å². The van der Waals surface area contributed by atoms with Gasteiger partial charge in [-0.25, -0.2) is 0 Å². The third-order valence-corrected chi connectivity index (χ3v) is 3.12. The van der Waals surface area contributed by atoms with Crippen LogP contribution in [0.1, 0.15) is 46.5 Å². The normalized spacial score (nSPS) is 21.6. The van der Waals surface area contributed by atoms with Crippen LogP contribution in [0.5, 0.6) is 0 Å². The van der Waals surface area contributed by atoms with E-state index in [0.717, 1.165) is 19.1 Å². The summed E-state index contributed by atoms with van der Waals surface area (Å²) in [6.45, 7) is 8.28. The van der Waals surface area contributed by atoms with Crippen LogP contribution in [-0.2, 0) is 4.74 Å². The first kappa shape index (κ1) is 12.0. The fourth-order valence-corrected chi connectivity index (χ4v) is 2.02. The molecule has 0 heterocycles. The van der Waals surface area contributed by atoms with E-state index in [-0.39, 0.29) is 0 Å². The molecule has 2 atom stereocenters. The lowest BCUT2D eigenvalue weighted by Gasteiger charge is -2.29. The quantitative estimate of drug-likeness (QED) is 0.680. The van der Waals surface area contributed by atoms with Gasteiger partial charge in [0.2, 0.25) is 0 Å². The van der Waals surface area contributed by atoms with Gasteiger partial charge in [-0.05, 0) is 33.1 Å². The van der Waals surface area contributed by atoms with Gasteiger partial charge in [-0.2, -0.15) is 0 Å². The summed E-state index contributed by atoms with van der Waals surface area (Å²) in [6, 6.07) is 0.656. The first-order valence-electron chi connectivity index (χ1n) is 6.07. The summed E-state index contributed by atoms with van der Waals surface area (Å²) in [5.74, 6) is 1.000. The maximum atomic E-state index is 5.48. The molecule has 0 saturated heterocycles. The third kappa shape index (κ3) is 4.43. The molecule has 84 valence electrons. The predicted octanol–water partition coefficient (Wildman–Crippen LogP) is 2.58. The molecule has 0 spiro atoms.